The topological polar surface area (TPSA) is 84.9 Å². The van der Waals surface area contributed by atoms with Gasteiger partial charge in [-0.3, -0.25) is 4.79 Å². The lowest BCUT2D eigenvalue weighted by Gasteiger charge is -2.24. The van der Waals surface area contributed by atoms with Crippen LogP contribution in [0.5, 0.6) is 11.5 Å². The lowest BCUT2D eigenvalue weighted by molar-refractivity contribution is -0.124. The number of carbonyl (C=O) groups excluding carboxylic acids is 1. The lowest BCUT2D eigenvalue weighted by atomic mass is 10.2. The Hall–Kier alpha value is -1.80. The molecule has 1 N–H and O–H groups in total. The molecule has 8 heteroatoms. The summed E-state index contributed by atoms with van der Waals surface area (Å²) in [6.07, 6.45) is 3.17. The predicted molar refractivity (Wildman–Crippen MR) is 92.4 cm³/mol. The Kier molecular flexibility index (Phi) is 4.92. The summed E-state index contributed by atoms with van der Waals surface area (Å²) >= 11 is 0. The monoisotopic (exact) mass is 368 g/mol. The molecule has 2 fully saturated rings. The second kappa shape index (κ2) is 6.84. The molecule has 1 aromatic carbocycles. The number of aryl methyl sites for hydroxylation is 1. The van der Waals surface area contributed by atoms with Crippen LogP contribution in [0.2, 0.25) is 0 Å². The van der Waals surface area contributed by atoms with Crippen LogP contribution >= 0.6 is 0 Å². The van der Waals surface area contributed by atoms with Crippen molar-refractivity contribution >= 4 is 15.9 Å². The number of ether oxygens (including phenoxy) is 2. The second-order valence-corrected chi connectivity index (χ2v) is 8.39. The molecule has 0 unspecified atom stereocenters. The van der Waals surface area contributed by atoms with Gasteiger partial charge < -0.3 is 14.8 Å². The maximum absolute atomic E-state index is 13.2. The molecular formula is C17H24N2O5S. The van der Waals surface area contributed by atoms with Crippen LogP contribution in [0.1, 0.15) is 31.2 Å². The molecule has 1 heterocycles. The fourth-order valence-corrected chi connectivity index (χ4v) is 5.06. The molecule has 7 nitrogen and oxygen atoms in total. The molecule has 0 bridgehead atoms. The quantitative estimate of drug-likeness (QED) is 0.821. The Bertz CT molecular complexity index is 773. The van der Waals surface area contributed by atoms with E-state index in [1.165, 1.54) is 24.6 Å². The Balaban J connectivity index is 1.93. The molecule has 1 atom stereocenters. The van der Waals surface area contributed by atoms with Crippen LogP contribution in [-0.2, 0) is 14.8 Å². The summed E-state index contributed by atoms with van der Waals surface area (Å²) in [5, 5.41) is 2.92. The summed E-state index contributed by atoms with van der Waals surface area (Å²) in [5.74, 6) is 0.634. The van der Waals surface area contributed by atoms with E-state index >= 15 is 0 Å². The van der Waals surface area contributed by atoms with Crippen LogP contribution in [0.3, 0.4) is 0 Å². The third-order valence-corrected chi connectivity index (χ3v) is 6.75. The first-order valence-corrected chi connectivity index (χ1v) is 9.87. The van der Waals surface area contributed by atoms with Crippen molar-refractivity contribution < 1.29 is 22.7 Å². The summed E-state index contributed by atoms with van der Waals surface area (Å²) in [4.78, 5) is 12.6. The van der Waals surface area contributed by atoms with Crippen LogP contribution in [0, 0.1) is 6.92 Å². The molecule has 1 aliphatic heterocycles. The standard InChI is InChI=1S/C17H24N2O5S/c1-11-9-14(23-2)15(24-3)10-16(11)25(21,22)19-8-4-5-13(19)17(20)18-12-6-7-12/h9-10,12-13H,4-8H2,1-3H3,(H,18,20)/t13-/m1/s1. The number of sulfonamides is 1. The summed E-state index contributed by atoms with van der Waals surface area (Å²) in [6.45, 7) is 2.06. The number of hydrogen-bond donors (Lipinski definition) is 1. The van der Waals surface area contributed by atoms with Gasteiger partial charge in [-0.25, -0.2) is 8.42 Å². The highest BCUT2D eigenvalue weighted by Gasteiger charge is 2.41. The zero-order valence-corrected chi connectivity index (χ0v) is 15.6. The molecule has 1 amide bonds. The summed E-state index contributed by atoms with van der Waals surface area (Å²) < 4.78 is 38.2. The lowest BCUT2D eigenvalue weighted by Crippen LogP contribution is -2.46. The smallest absolute Gasteiger partial charge is 0.244 e. The van der Waals surface area contributed by atoms with Gasteiger partial charge in [0.05, 0.1) is 19.1 Å². The van der Waals surface area contributed by atoms with Crippen molar-refractivity contribution in [3.8, 4) is 11.5 Å². The first kappa shape index (κ1) is 18.0. The van der Waals surface area contributed by atoms with Crippen LogP contribution < -0.4 is 14.8 Å². The van der Waals surface area contributed by atoms with Crippen molar-refractivity contribution in [3.63, 3.8) is 0 Å². The minimum Gasteiger partial charge on any atom is -0.493 e. The molecule has 1 saturated carbocycles. The van der Waals surface area contributed by atoms with E-state index in [0.29, 0.717) is 36.4 Å². The van der Waals surface area contributed by atoms with E-state index in [2.05, 4.69) is 5.32 Å². The van der Waals surface area contributed by atoms with E-state index in [0.717, 1.165) is 12.8 Å². The molecule has 0 aromatic heterocycles. The number of benzene rings is 1. The highest BCUT2D eigenvalue weighted by Crippen LogP contribution is 2.35. The molecule has 0 spiro atoms. The number of hydrogen-bond acceptors (Lipinski definition) is 5. The average molecular weight is 368 g/mol. The van der Waals surface area contributed by atoms with E-state index in [9.17, 15) is 13.2 Å². The van der Waals surface area contributed by atoms with Gasteiger partial charge in [0.1, 0.15) is 6.04 Å². The molecule has 2 aliphatic rings. The fraction of sp³-hybridized carbons (Fsp3) is 0.588. The first-order chi connectivity index (χ1) is 11.9. The van der Waals surface area contributed by atoms with Gasteiger partial charge in [-0.1, -0.05) is 0 Å². The van der Waals surface area contributed by atoms with Crippen molar-refractivity contribution in [2.75, 3.05) is 20.8 Å². The van der Waals surface area contributed by atoms with Gasteiger partial charge in [0.2, 0.25) is 15.9 Å². The van der Waals surface area contributed by atoms with Crippen LogP contribution in [0.4, 0.5) is 0 Å². The predicted octanol–water partition coefficient (Wildman–Crippen LogP) is 1.44. The maximum atomic E-state index is 13.2. The van der Waals surface area contributed by atoms with E-state index in [4.69, 9.17) is 9.47 Å². The molecule has 3 rings (SSSR count). The maximum Gasteiger partial charge on any atom is 0.244 e. The number of carbonyl (C=O) groups is 1. The largest absolute Gasteiger partial charge is 0.493 e. The molecule has 1 aromatic rings. The SMILES string of the molecule is COc1cc(C)c(S(=O)(=O)N2CCC[C@@H]2C(=O)NC2CC2)cc1OC. The van der Waals surface area contributed by atoms with Crippen LogP contribution in [0.25, 0.3) is 0 Å². The zero-order valence-electron chi connectivity index (χ0n) is 14.7. The number of amides is 1. The summed E-state index contributed by atoms with van der Waals surface area (Å²) in [6, 6.07) is 2.68. The molecular weight excluding hydrogens is 344 g/mol. The summed E-state index contributed by atoms with van der Waals surface area (Å²) in [7, 11) is -0.832. The van der Waals surface area contributed by atoms with E-state index in [1.54, 1.807) is 13.0 Å². The number of rotatable bonds is 6. The average Bonchev–Trinajstić information content (AvgIpc) is 3.24. The Morgan fingerprint density at radius 2 is 1.80 bits per heavy atom. The first-order valence-electron chi connectivity index (χ1n) is 8.43. The number of methoxy groups -OCH3 is 2. The minimum atomic E-state index is -3.80. The number of nitrogens with one attached hydrogen (secondary N) is 1. The van der Waals surface area contributed by atoms with E-state index in [-0.39, 0.29) is 16.8 Å². The molecule has 1 saturated heterocycles. The minimum absolute atomic E-state index is 0.149. The van der Waals surface area contributed by atoms with Gasteiger partial charge >= 0.3 is 0 Å². The van der Waals surface area contributed by atoms with Crippen molar-refractivity contribution in [3.05, 3.63) is 17.7 Å². The molecule has 138 valence electrons. The van der Waals surface area contributed by atoms with Gasteiger partial charge in [-0.2, -0.15) is 4.31 Å². The zero-order chi connectivity index (χ0) is 18.2. The highest BCUT2D eigenvalue weighted by molar-refractivity contribution is 7.89. The third-order valence-electron chi connectivity index (χ3n) is 4.70. The highest BCUT2D eigenvalue weighted by atomic mass is 32.2. The van der Waals surface area contributed by atoms with Gasteiger partial charge in [-0.05, 0) is 44.2 Å². The fourth-order valence-electron chi connectivity index (χ4n) is 3.18. The van der Waals surface area contributed by atoms with E-state index in [1.807, 2.05) is 0 Å². The Morgan fingerprint density at radius 1 is 1.16 bits per heavy atom. The molecule has 25 heavy (non-hydrogen) atoms. The molecule has 1 aliphatic carbocycles. The van der Waals surface area contributed by atoms with Gasteiger partial charge in [0.15, 0.2) is 11.5 Å². The normalized spacial score (nSPS) is 21.2. The van der Waals surface area contributed by atoms with Crippen molar-refractivity contribution in [1.29, 1.82) is 0 Å². The number of nitrogens with zero attached hydrogens (tertiary/aromatic N) is 1. The van der Waals surface area contributed by atoms with Gasteiger partial charge in [-0.15, -0.1) is 0 Å². The van der Waals surface area contributed by atoms with Crippen LogP contribution in [-0.4, -0.2) is 51.5 Å². The Morgan fingerprint density at radius 3 is 2.40 bits per heavy atom. The van der Waals surface area contributed by atoms with E-state index < -0.39 is 16.1 Å². The third kappa shape index (κ3) is 3.46. The van der Waals surface area contributed by atoms with Crippen LogP contribution in [0.15, 0.2) is 17.0 Å². The second-order valence-electron chi connectivity index (χ2n) is 6.53. The Labute approximate surface area is 148 Å². The van der Waals surface area contributed by atoms with Crippen molar-refractivity contribution in [2.24, 2.45) is 0 Å². The van der Waals surface area contributed by atoms with Crippen molar-refractivity contribution in [1.82, 2.24) is 9.62 Å². The van der Waals surface area contributed by atoms with Crippen molar-refractivity contribution in [2.45, 2.75) is 49.6 Å². The molecule has 0 radical (unpaired) electrons. The summed E-state index contributed by atoms with van der Waals surface area (Å²) in [5.41, 5.74) is 0.561. The van der Waals surface area contributed by atoms with Gasteiger partial charge in [0, 0.05) is 18.7 Å². The van der Waals surface area contributed by atoms with Gasteiger partial charge in [0.25, 0.3) is 0 Å².